The molecule has 1 heterocycles. The molecule has 0 aliphatic carbocycles. The highest BCUT2D eigenvalue weighted by Crippen LogP contribution is 2.35. The number of anilines is 1. The van der Waals surface area contributed by atoms with Gasteiger partial charge in [-0.3, -0.25) is 10.1 Å². The Labute approximate surface area is 125 Å². The van der Waals surface area contributed by atoms with Gasteiger partial charge in [0.1, 0.15) is 5.69 Å². The SMILES string of the molecule is CCOc1cccc(NCC2CCN(CC)C2)c1[N+](=O)[O-]. The summed E-state index contributed by atoms with van der Waals surface area (Å²) in [5, 5.41) is 14.5. The lowest BCUT2D eigenvalue weighted by molar-refractivity contribution is -0.384. The molecule has 0 radical (unpaired) electrons. The normalized spacial score (nSPS) is 18.7. The third-order valence-electron chi connectivity index (χ3n) is 3.88. The number of hydrogen-bond acceptors (Lipinski definition) is 5. The number of nitro benzene ring substituents is 1. The molecule has 6 heteroatoms. The van der Waals surface area contributed by atoms with Gasteiger partial charge in [0.05, 0.1) is 11.5 Å². The van der Waals surface area contributed by atoms with E-state index in [1.54, 1.807) is 18.2 Å². The number of ether oxygens (including phenoxy) is 1. The van der Waals surface area contributed by atoms with Gasteiger partial charge < -0.3 is 15.0 Å². The van der Waals surface area contributed by atoms with E-state index in [-0.39, 0.29) is 10.6 Å². The number of para-hydroxylation sites is 1. The third kappa shape index (κ3) is 3.85. The van der Waals surface area contributed by atoms with Crippen molar-refractivity contribution in [1.82, 2.24) is 4.90 Å². The second-order valence-corrected chi connectivity index (χ2v) is 5.27. The predicted octanol–water partition coefficient (Wildman–Crippen LogP) is 2.75. The van der Waals surface area contributed by atoms with E-state index in [4.69, 9.17) is 4.74 Å². The minimum Gasteiger partial charge on any atom is -0.487 e. The molecule has 1 fully saturated rings. The summed E-state index contributed by atoms with van der Waals surface area (Å²) in [5.74, 6) is 0.870. The quantitative estimate of drug-likeness (QED) is 0.618. The molecule has 0 spiro atoms. The molecule has 1 atom stereocenters. The van der Waals surface area contributed by atoms with Crippen LogP contribution in [0.3, 0.4) is 0 Å². The van der Waals surface area contributed by atoms with E-state index in [1.165, 1.54) is 0 Å². The van der Waals surface area contributed by atoms with E-state index < -0.39 is 0 Å². The Kier molecular flexibility index (Phi) is 5.38. The van der Waals surface area contributed by atoms with Crippen LogP contribution in [0, 0.1) is 16.0 Å². The zero-order valence-corrected chi connectivity index (χ0v) is 12.7. The van der Waals surface area contributed by atoms with E-state index in [1.807, 2.05) is 6.92 Å². The maximum absolute atomic E-state index is 11.3. The molecule has 2 rings (SSSR count). The highest BCUT2D eigenvalue weighted by Gasteiger charge is 2.24. The largest absolute Gasteiger partial charge is 0.487 e. The Balaban J connectivity index is 2.05. The number of benzene rings is 1. The molecule has 1 aliphatic heterocycles. The first kappa shape index (κ1) is 15.6. The van der Waals surface area contributed by atoms with Gasteiger partial charge in [-0.2, -0.15) is 0 Å². The molecule has 1 saturated heterocycles. The lowest BCUT2D eigenvalue weighted by Gasteiger charge is -2.15. The van der Waals surface area contributed by atoms with Gasteiger partial charge in [-0.15, -0.1) is 0 Å². The van der Waals surface area contributed by atoms with E-state index >= 15 is 0 Å². The van der Waals surface area contributed by atoms with Gasteiger partial charge in [0.25, 0.3) is 0 Å². The van der Waals surface area contributed by atoms with Crippen LogP contribution < -0.4 is 10.1 Å². The first-order valence-electron chi connectivity index (χ1n) is 7.52. The van der Waals surface area contributed by atoms with Crippen molar-refractivity contribution in [3.8, 4) is 5.75 Å². The molecule has 0 bridgehead atoms. The summed E-state index contributed by atoms with van der Waals surface area (Å²) in [5.41, 5.74) is 0.575. The van der Waals surface area contributed by atoms with Crippen LogP contribution in [0.1, 0.15) is 20.3 Å². The summed E-state index contributed by atoms with van der Waals surface area (Å²) in [4.78, 5) is 13.3. The van der Waals surface area contributed by atoms with Gasteiger partial charge in [-0.25, -0.2) is 0 Å². The predicted molar refractivity (Wildman–Crippen MR) is 83.0 cm³/mol. The Bertz CT molecular complexity index is 493. The molecule has 0 aromatic heterocycles. The van der Waals surface area contributed by atoms with E-state index in [9.17, 15) is 10.1 Å². The summed E-state index contributed by atoms with van der Waals surface area (Å²) < 4.78 is 5.36. The average molecular weight is 293 g/mol. The minimum atomic E-state index is -0.375. The fourth-order valence-electron chi connectivity index (χ4n) is 2.75. The second-order valence-electron chi connectivity index (χ2n) is 5.27. The summed E-state index contributed by atoms with van der Waals surface area (Å²) >= 11 is 0. The van der Waals surface area contributed by atoms with Crippen molar-refractivity contribution in [2.75, 3.05) is 38.1 Å². The number of rotatable bonds is 7. The molecule has 21 heavy (non-hydrogen) atoms. The molecule has 6 nitrogen and oxygen atoms in total. The highest BCUT2D eigenvalue weighted by atomic mass is 16.6. The molecule has 1 N–H and O–H groups in total. The maximum atomic E-state index is 11.3. The van der Waals surface area contributed by atoms with E-state index in [0.717, 1.165) is 32.6 Å². The zero-order chi connectivity index (χ0) is 15.2. The van der Waals surface area contributed by atoms with E-state index in [2.05, 4.69) is 17.1 Å². The Morgan fingerprint density at radius 3 is 2.90 bits per heavy atom. The van der Waals surface area contributed by atoms with Crippen molar-refractivity contribution in [3.63, 3.8) is 0 Å². The van der Waals surface area contributed by atoms with E-state index in [0.29, 0.717) is 24.0 Å². The molecular weight excluding hydrogens is 270 g/mol. The maximum Gasteiger partial charge on any atom is 0.333 e. The summed E-state index contributed by atoms with van der Waals surface area (Å²) in [6, 6.07) is 5.17. The Morgan fingerprint density at radius 1 is 1.48 bits per heavy atom. The van der Waals surface area contributed by atoms with Crippen LogP contribution in [0.25, 0.3) is 0 Å². The number of likely N-dealkylation sites (tertiary alicyclic amines) is 1. The molecule has 1 aromatic rings. The van der Waals surface area contributed by atoms with Gasteiger partial charge in [0.2, 0.25) is 0 Å². The van der Waals surface area contributed by atoms with Crippen molar-refractivity contribution in [2.45, 2.75) is 20.3 Å². The van der Waals surface area contributed by atoms with Crippen molar-refractivity contribution < 1.29 is 9.66 Å². The smallest absolute Gasteiger partial charge is 0.333 e. The van der Waals surface area contributed by atoms with Crippen LogP contribution in [0.15, 0.2) is 18.2 Å². The summed E-state index contributed by atoms with van der Waals surface area (Å²) in [6.07, 6.45) is 1.14. The minimum absolute atomic E-state index is 0.0321. The van der Waals surface area contributed by atoms with Crippen molar-refractivity contribution in [1.29, 1.82) is 0 Å². The summed E-state index contributed by atoms with van der Waals surface area (Å²) in [7, 11) is 0. The molecule has 0 amide bonds. The Morgan fingerprint density at radius 2 is 2.29 bits per heavy atom. The van der Waals surface area contributed by atoms with Crippen molar-refractivity contribution >= 4 is 11.4 Å². The number of nitrogens with one attached hydrogen (secondary N) is 1. The summed E-state index contributed by atoms with van der Waals surface area (Å²) in [6.45, 7) is 8.39. The van der Waals surface area contributed by atoms with Crippen LogP contribution in [-0.2, 0) is 0 Å². The molecule has 116 valence electrons. The van der Waals surface area contributed by atoms with Gasteiger partial charge in [0.15, 0.2) is 5.75 Å². The van der Waals surface area contributed by atoms with Crippen LogP contribution >= 0.6 is 0 Å². The number of hydrogen-bond donors (Lipinski definition) is 1. The highest BCUT2D eigenvalue weighted by molar-refractivity contribution is 5.68. The van der Waals surface area contributed by atoms with Gasteiger partial charge in [0, 0.05) is 13.1 Å². The number of nitrogens with zero attached hydrogens (tertiary/aromatic N) is 2. The van der Waals surface area contributed by atoms with Gasteiger partial charge >= 0.3 is 5.69 Å². The van der Waals surface area contributed by atoms with Crippen molar-refractivity contribution in [2.24, 2.45) is 5.92 Å². The molecule has 1 unspecified atom stereocenters. The fourth-order valence-corrected chi connectivity index (χ4v) is 2.75. The van der Waals surface area contributed by atoms with Crippen LogP contribution in [0.2, 0.25) is 0 Å². The monoisotopic (exact) mass is 293 g/mol. The standard InChI is InChI=1S/C15H23N3O3/c1-3-17-9-8-12(11-17)10-16-13-6-5-7-14(21-4-2)15(13)18(19)20/h5-7,12,16H,3-4,8-11H2,1-2H3. The van der Waals surface area contributed by atoms with Crippen LogP contribution in [0.5, 0.6) is 5.75 Å². The average Bonchev–Trinajstić information content (AvgIpc) is 2.93. The van der Waals surface area contributed by atoms with Crippen LogP contribution in [0.4, 0.5) is 11.4 Å². The number of nitro groups is 1. The lowest BCUT2D eigenvalue weighted by atomic mass is 10.1. The van der Waals surface area contributed by atoms with Crippen LogP contribution in [-0.4, -0.2) is 42.6 Å². The molecular formula is C15H23N3O3. The molecule has 1 aromatic carbocycles. The van der Waals surface area contributed by atoms with Gasteiger partial charge in [-0.1, -0.05) is 13.0 Å². The fraction of sp³-hybridized carbons (Fsp3) is 0.600. The first-order chi connectivity index (χ1) is 10.2. The zero-order valence-electron chi connectivity index (χ0n) is 12.7. The molecule has 1 aliphatic rings. The van der Waals surface area contributed by atoms with Crippen molar-refractivity contribution in [3.05, 3.63) is 28.3 Å². The molecule has 0 saturated carbocycles. The second kappa shape index (κ2) is 7.26. The Hall–Kier alpha value is -1.82. The first-order valence-corrected chi connectivity index (χ1v) is 7.52. The lowest BCUT2D eigenvalue weighted by Crippen LogP contribution is -2.22. The third-order valence-corrected chi connectivity index (χ3v) is 3.88. The van der Waals surface area contributed by atoms with Gasteiger partial charge in [-0.05, 0) is 44.5 Å². The topological polar surface area (TPSA) is 67.6 Å².